The standard InChI is InChI=1S/C15H16N2S/c1-10(2)7-11-3-5-12(6-4-11)14-9-18-15(17)13(14)8-16/h3-6,9-10H,7,17H2,1-2H3. The van der Waals surface area contributed by atoms with Crippen molar-refractivity contribution in [2.24, 2.45) is 5.92 Å². The van der Waals surface area contributed by atoms with E-state index in [4.69, 9.17) is 11.0 Å². The Morgan fingerprint density at radius 3 is 2.50 bits per heavy atom. The number of nitrogens with two attached hydrogens (primary N) is 1. The molecule has 92 valence electrons. The number of nitriles is 1. The molecule has 0 amide bonds. The Balaban J connectivity index is 2.32. The molecule has 2 aromatic rings. The van der Waals surface area contributed by atoms with Crippen LogP contribution in [-0.4, -0.2) is 0 Å². The van der Waals surface area contributed by atoms with Gasteiger partial charge in [0.2, 0.25) is 0 Å². The number of hydrogen-bond donors (Lipinski definition) is 1. The number of anilines is 1. The maximum absolute atomic E-state index is 9.10. The first-order chi connectivity index (χ1) is 8.61. The summed E-state index contributed by atoms with van der Waals surface area (Å²) in [7, 11) is 0. The van der Waals surface area contributed by atoms with Gasteiger partial charge >= 0.3 is 0 Å². The molecule has 2 rings (SSSR count). The zero-order valence-electron chi connectivity index (χ0n) is 10.6. The van der Waals surface area contributed by atoms with Gasteiger partial charge < -0.3 is 5.73 Å². The van der Waals surface area contributed by atoms with E-state index < -0.39 is 0 Å². The Bertz CT molecular complexity index is 574. The Morgan fingerprint density at radius 1 is 1.28 bits per heavy atom. The van der Waals surface area contributed by atoms with Crippen LogP contribution >= 0.6 is 11.3 Å². The number of nitrogens with zero attached hydrogens (tertiary/aromatic N) is 1. The zero-order valence-corrected chi connectivity index (χ0v) is 11.4. The molecule has 0 saturated heterocycles. The molecule has 0 atom stereocenters. The van der Waals surface area contributed by atoms with Gasteiger partial charge in [0.1, 0.15) is 11.1 Å². The minimum absolute atomic E-state index is 0.594. The first-order valence-electron chi connectivity index (χ1n) is 5.98. The molecule has 1 aromatic heterocycles. The molecule has 1 heterocycles. The van der Waals surface area contributed by atoms with Crippen LogP contribution in [0.3, 0.4) is 0 Å². The van der Waals surface area contributed by atoms with Gasteiger partial charge in [0.25, 0.3) is 0 Å². The quantitative estimate of drug-likeness (QED) is 0.900. The monoisotopic (exact) mass is 256 g/mol. The fourth-order valence-corrected chi connectivity index (χ4v) is 2.76. The SMILES string of the molecule is CC(C)Cc1ccc(-c2csc(N)c2C#N)cc1. The molecule has 0 aliphatic heterocycles. The summed E-state index contributed by atoms with van der Waals surface area (Å²) >= 11 is 1.42. The minimum atomic E-state index is 0.594. The summed E-state index contributed by atoms with van der Waals surface area (Å²) in [5.74, 6) is 0.655. The number of nitrogen functional groups attached to an aromatic ring is 1. The van der Waals surface area contributed by atoms with E-state index in [1.54, 1.807) is 0 Å². The summed E-state index contributed by atoms with van der Waals surface area (Å²) in [5, 5.41) is 11.6. The smallest absolute Gasteiger partial charge is 0.104 e. The highest BCUT2D eigenvalue weighted by atomic mass is 32.1. The highest BCUT2D eigenvalue weighted by Crippen LogP contribution is 2.33. The Morgan fingerprint density at radius 2 is 1.94 bits per heavy atom. The van der Waals surface area contributed by atoms with Crippen molar-refractivity contribution < 1.29 is 0 Å². The molecule has 0 bridgehead atoms. The largest absolute Gasteiger partial charge is 0.389 e. The molecule has 0 aliphatic carbocycles. The normalized spacial score (nSPS) is 10.6. The molecule has 2 nitrogen and oxygen atoms in total. The van der Waals surface area contributed by atoms with E-state index >= 15 is 0 Å². The van der Waals surface area contributed by atoms with E-state index in [1.165, 1.54) is 16.9 Å². The highest BCUT2D eigenvalue weighted by molar-refractivity contribution is 7.14. The van der Waals surface area contributed by atoms with Crippen molar-refractivity contribution in [2.75, 3.05) is 5.73 Å². The van der Waals surface area contributed by atoms with Crippen LogP contribution in [0.5, 0.6) is 0 Å². The molecule has 1 aromatic carbocycles. The van der Waals surface area contributed by atoms with Gasteiger partial charge in [-0.2, -0.15) is 5.26 Å². The van der Waals surface area contributed by atoms with Gasteiger partial charge in [0, 0.05) is 10.9 Å². The molecule has 0 fully saturated rings. The lowest BCUT2D eigenvalue weighted by molar-refractivity contribution is 0.647. The van der Waals surface area contributed by atoms with Crippen LogP contribution in [-0.2, 0) is 6.42 Å². The molecular formula is C15H16N2S. The second-order valence-corrected chi connectivity index (χ2v) is 5.71. The number of hydrogen-bond acceptors (Lipinski definition) is 3. The van der Waals surface area contributed by atoms with Gasteiger partial charge in [-0.1, -0.05) is 38.1 Å². The van der Waals surface area contributed by atoms with Crippen LogP contribution in [0.2, 0.25) is 0 Å². The van der Waals surface area contributed by atoms with Crippen molar-refractivity contribution in [3.63, 3.8) is 0 Å². The van der Waals surface area contributed by atoms with Gasteiger partial charge in [0.05, 0.1) is 5.56 Å². The van der Waals surface area contributed by atoms with E-state index in [2.05, 4.69) is 44.2 Å². The lowest BCUT2D eigenvalue weighted by Gasteiger charge is -2.06. The van der Waals surface area contributed by atoms with Crippen molar-refractivity contribution in [1.29, 1.82) is 5.26 Å². The molecule has 0 spiro atoms. The number of benzene rings is 1. The molecular weight excluding hydrogens is 240 g/mol. The van der Waals surface area contributed by atoms with Crippen LogP contribution in [0.15, 0.2) is 29.6 Å². The van der Waals surface area contributed by atoms with Crippen LogP contribution in [0.25, 0.3) is 11.1 Å². The van der Waals surface area contributed by atoms with Crippen LogP contribution in [0.4, 0.5) is 5.00 Å². The molecule has 0 aliphatic rings. The topological polar surface area (TPSA) is 49.8 Å². The summed E-state index contributed by atoms with van der Waals surface area (Å²) in [5.41, 5.74) is 9.71. The zero-order chi connectivity index (χ0) is 13.1. The lowest BCUT2D eigenvalue weighted by Crippen LogP contribution is -1.93. The molecule has 0 unspecified atom stereocenters. The van der Waals surface area contributed by atoms with E-state index in [0.717, 1.165) is 17.5 Å². The average molecular weight is 256 g/mol. The molecule has 18 heavy (non-hydrogen) atoms. The van der Waals surface area contributed by atoms with Gasteiger partial charge in [-0.25, -0.2) is 0 Å². The second kappa shape index (κ2) is 5.24. The lowest BCUT2D eigenvalue weighted by atomic mass is 9.99. The highest BCUT2D eigenvalue weighted by Gasteiger charge is 2.10. The molecule has 2 N–H and O–H groups in total. The van der Waals surface area contributed by atoms with Crippen molar-refractivity contribution in [3.05, 3.63) is 40.8 Å². The predicted molar refractivity (Wildman–Crippen MR) is 77.4 cm³/mol. The Hall–Kier alpha value is -1.79. The van der Waals surface area contributed by atoms with Crippen molar-refractivity contribution in [2.45, 2.75) is 20.3 Å². The van der Waals surface area contributed by atoms with Crippen LogP contribution in [0.1, 0.15) is 25.0 Å². The van der Waals surface area contributed by atoms with E-state index in [-0.39, 0.29) is 0 Å². The number of thiophene rings is 1. The third kappa shape index (κ3) is 2.55. The summed E-state index contributed by atoms with van der Waals surface area (Å²) in [6.07, 6.45) is 1.08. The fraction of sp³-hybridized carbons (Fsp3) is 0.267. The summed E-state index contributed by atoms with van der Waals surface area (Å²) in [4.78, 5) is 0. The summed E-state index contributed by atoms with van der Waals surface area (Å²) in [6.45, 7) is 4.42. The fourth-order valence-electron chi connectivity index (χ4n) is 1.99. The van der Waals surface area contributed by atoms with Crippen LogP contribution < -0.4 is 5.73 Å². The molecule has 0 saturated carbocycles. The number of rotatable bonds is 3. The van der Waals surface area contributed by atoms with E-state index in [9.17, 15) is 0 Å². The van der Waals surface area contributed by atoms with Crippen molar-refractivity contribution in [1.82, 2.24) is 0 Å². The summed E-state index contributed by atoms with van der Waals surface area (Å²) < 4.78 is 0. The van der Waals surface area contributed by atoms with Crippen LogP contribution in [0, 0.1) is 17.2 Å². The minimum Gasteiger partial charge on any atom is -0.389 e. The molecule has 0 radical (unpaired) electrons. The maximum atomic E-state index is 9.10. The van der Waals surface area contributed by atoms with Gasteiger partial charge in [-0.15, -0.1) is 11.3 Å². The second-order valence-electron chi connectivity index (χ2n) is 4.80. The van der Waals surface area contributed by atoms with E-state index in [0.29, 0.717) is 16.5 Å². The molecule has 3 heteroatoms. The summed E-state index contributed by atoms with van der Waals surface area (Å²) in [6, 6.07) is 10.6. The van der Waals surface area contributed by atoms with Crippen molar-refractivity contribution >= 4 is 16.3 Å². The third-order valence-electron chi connectivity index (χ3n) is 2.84. The van der Waals surface area contributed by atoms with E-state index in [1.807, 2.05) is 5.38 Å². The Labute approximate surface area is 112 Å². The van der Waals surface area contributed by atoms with Gasteiger partial charge in [-0.05, 0) is 23.5 Å². The first-order valence-corrected chi connectivity index (χ1v) is 6.86. The third-order valence-corrected chi connectivity index (χ3v) is 3.65. The predicted octanol–water partition coefficient (Wildman–Crippen LogP) is 4.07. The van der Waals surface area contributed by atoms with Gasteiger partial charge in [-0.3, -0.25) is 0 Å². The van der Waals surface area contributed by atoms with Gasteiger partial charge in [0.15, 0.2) is 0 Å². The van der Waals surface area contributed by atoms with Crippen molar-refractivity contribution in [3.8, 4) is 17.2 Å². The maximum Gasteiger partial charge on any atom is 0.104 e. The first kappa shape index (κ1) is 12.7. The average Bonchev–Trinajstić information content (AvgIpc) is 2.70. The Kier molecular flexibility index (Phi) is 3.69.